The molecule has 1 heterocycles. The number of ether oxygens (including phenoxy) is 5. The first-order chi connectivity index (χ1) is 36.6. The van der Waals surface area contributed by atoms with Crippen molar-refractivity contribution in [3.63, 3.8) is 0 Å². The van der Waals surface area contributed by atoms with Crippen molar-refractivity contribution < 1.29 is 58.2 Å². The molecule has 0 aromatic carbocycles. The van der Waals surface area contributed by atoms with E-state index < -0.39 is 67.3 Å². The normalized spacial score (nSPS) is 18.7. The lowest BCUT2D eigenvalue weighted by molar-refractivity contribution is -0.301. The first-order valence-electron chi connectivity index (χ1n) is 29.9. The molecule has 0 saturated carbocycles. The molecule has 0 radical (unpaired) electrons. The van der Waals surface area contributed by atoms with Gasteiger partial charge in [-0.2, -0.15) is 0 Å². The molecule has 0 bridgehead atoms. The Morgan fingerprint density at radius 3 is 1.36 bits per heavy atom. The minimum Gasteiger partial charge on any atom is -0.479 e. The summed E-state index contributed by atoms with van der Waals surface area (Å²) in [5.41, 5.74) is 0. The number of aliphatic hydroxyl groups excluding tert-OH is 2. The Balaban J connectivity index is 2.70. The topological polar surface area (TPSA) is 175 Å². The molecule has 1 aliphatic rings. The van der Waals surface area contributed by atoms with Crippen molar-refractivity contribution in [2.24, 2.45) is 0 Å². The fraction of sp³-hybridized carbons (Fsp3) is 0.746. The van der Waals surface area contributed by atoms with Gasteiger partial charge in [0.2, 0.25) is 0 Å². The monoisotopic (exact) mass is 1050 g/mol. The number of hydrogen-bond acceptors (Lipinski definition) is 11. The molecule has 6 unspecified atom stereocenters. The predicted molar refractivity (Wildman–Crippen MR) is 303 cm³/mol. The van der Waals surface area contributed by atoms with E-state index in [-0.39, 0.29) is 25.9 Å². The molecule has 0 aliphatic carbocycles. The van der Waals surface area contributed by atoms with Crippen molar-refractivity contribution in [1.29, 1.82) is 0 Å². The van der Waals surface area contributed by atoms with Gasteiger partial charge >= 0.3 is 23.9 Å². The van der Waals surface area contributed by atoms with Crippen LogP contribution in [0.5, 0.6) is 0 Å². The van der Waals surface area contributed by atoms with E-state index in [0.717, 1.165) is 103 Å². The van der Waals surface area contributed by atoms with Crippen LogP contribution in [-0.4, -0.2) is 89.2 Å². The highest BCUT2D eigenvalue weighted by atomic mass is 16.7. The lowest BCUT2D eigenvalue weighted by atomic mass is 9.98. The second-order valence-electron chi connectivity index (χ2n) is 20.3. The Hall–Kier alpha value is -3.84. The predicted octanol–water partition coefficient (Wildman–Crippen LogP) is 15.3. The maximum atomic E-state index is 13.1. The molecule has 0 aromatic heterocycles. The Morgan fingerprint density at radius 2 is 0.867 bits per heavy atom. The van der Waals surface area contributed by atoms with E-state index in [1.807, 2.05) is 0 Å². The lowest BCUT2D eigenvalue weighted by Gasteiger charge is -2.40. The SMILES string of the molecule is CC/C=C\C/C=C\C/C=C\C/C=C\CCCCC(=O)OC1C(OCC(COC(=O)CCCCCCCCCCCCCCCCCCC)OC(=O)CCCCCCC/C=C\C/C=C\CCC)OC(C(=O)O)C(O)C1O. The van der Waals surface area contributed by atoms with Crippen molar-refractivity contribution >= 4 is 23.9 Å². The first-order valence-corrected chi connectivity index (χ1v) is 29.9. The molecule has 0 amide bonds. The molecule has 6 atom stereocenters. The van der Waals surface area contributed by atoms with Crippen LogP contribution in [0.3, 0.4) is 0 Å². The average Bonchev–Trinajstić information content (AvgIpc) is 3.39. The van der Waals surface area contributed by atoms with Crippen LogP contribution in [0.15, 0.2) is 72.9 Å². The summed E-state index contributed by atoms with van der Waals surface area (Å²) >= 11 is 0. The molecule has 0 aromatic rings. The molecule has 12 heteroatoms. The van der Waals surface area contributed by atoms with Crippen LogP contribution in [0.4, 0.5) is 0 Å². The molecule has 3 N–H and O–H groups in total. The summed E-state index contributed by atoms with van der Waals surface area (Å²) in [5, 5.41) is 31.5. The number of aliphatic hydroxyl groups is 2. The van der Waals surface area contributed by atoms with Gasteiger partial charge < -0.3 is 39.0 Å². The fourth-order valence-corrected chi connectivity index (χ4v) is 8.69. The van der Waals surface area contributed by atoms with E-state index in [1.165, 1.54) is 83.5 Å². The van der Waals surface area contributed by atoms with E-state index in [4.69, 9.17) is 23.7 Å². The van der Waals surface area contributed by atoms with Gasteiger partial charge in [0.1, 0.15) is 18.8 Å². The van der Waals surface area contributed by atoms with Gasteiger partial charge in [-0.05, 0) is 83.5 Å². The van der Waals surface area contributed by atoms with E-state index in [9.17, 15) is 34.5 Å². The largest absolute Gasteiger partial charge is 0.479 e. The van der Waals surface area contributed by atoms with Gasteiger partial charge in [0.15, 0.2) is 24.6 Å². The Labute approximate surface area is 455 Å². The number of carbonyl (C=O) groups is 4. The smallest absolute Gasteiger partial charge is 0.335 e. The summed E-state index contributed by atoms with van der Waals surface area (Å²) in [5.74, 6) is -3.19. The number of carboxylic acids is 1. The van der Waals surface area contributed by atoms with Crippen molar-refractivity contribution in [2.45, 2.75) is 289 Å². The molecule has 1 fully saturated rings. The highest BCUT2D eigenvalue weighted by molar-refractivity contribution is 5.74. The second kappa shape index (κ2) is 50.9. The van der Waals surface area contributed by atoms with Crippen molar-refractivity contribution in [3.8, 4) is 0 Å². The van der Waals surface area contributed by atoms with Gasteiger partial charge in [0.05, 0.1) is 6.61 Å². The van der Waals surface area contributed by atoms with Crippen LogP contribution in [0.25, 0.3) is 0 Å². The molecule has 430 valence electrons. The highest BCUT2D eigenvalue weighted by Gasteiger charge is 2.50. The van der Waals surface area contributed by atoms with Crippen LogP contribution in [-0.2, 0) is 42.9 Å². The summed E-state index contributed by atoms with van der Waals surface area (Å²) in [6.07, 6.45) is 51.6. The minimum atomic E-state index is -1.92. The van der Waals surface area contributed by atoms with Crippen LogP contribution in [0.2, 0.25) is 0 Å². The fourth-order valence-electron chi connectivity index (χ4n) is 8.69. The summed E-state index contributed by atoms with van der Waals surface area (Å²) in [6.45, 7) is 5.79. The molecular formula is C63H106O12. The molecule has 0 spiro atoms. The van der Waals surface area contributed by atoms with E-state index >= 15 is 0 Å². The molecular weight excluding hydrogens is 949 g/mol. The quantitative estimate of drug-likeness (QED) is 0.0228. The van der Waals surface area contributed by atoms with Gasteiger partial charge in [0, 0.05) is 19.3 Å². The number of carboxylic acid groups (broad SMARTS) is 1. The minimum absolute atomic E-state index is 0.00556. The standard InChI is InChI=1S/C63H106O12/c1-4-7-10-13-16-19-22-25-27-28-30-32-34-37-40-43-46-49-55(64)71-52-54(73-56(65)50-47-44-41-38-35-31-24-21-18-15-12-9-6-3)53-72-63-61(59(68)58(67)60(75-63)62(69)70)74-57(66)51-48-45-42-39-36-33-29-26-23-20-17-14-11-8-5-2/h8,11-12,15,17,20-21,24,26,29,36,39,54,58-61,63,67-68H,4-7,9-10,13-14,16,18-19,22-23,25,27-28,30-35,37-38,40-53H2,1-3H3,(H,69,70)/b11-8-,15-12-,20-17-,24-21-,29-26-,39-36-. The van der Waals surface area contributed by atoms with Gasteiger partial charge in [-0.25, -0.2) is 4.79 Å². The molecule has 1 rings (SSSR count). The lowest BCUT2D eigenvalue weighted by Crippen LogP contribution is -2.61. The number of esters is 3. The third-order valence-electron chi connectivity index (χ3n) is 13.2. The maximum Gasteiger partial charge on any atom is 0.335 e. The summed E-state index contributed by atoms with van der Waals surface area (Å²) < 4.78 is 28.4. The van der Waals surface area contributed by atoms with Crippen molar-refractivity contribution in [2.75, 3.05) is 13.2 Å². The van der Waals surface area contributed by atoms with Gasteiger partial charge in [-0.1, -0.05) is 222 Å². The number of rotatable bonds is 50. The average molecular weight is 1060 g/mol. The third kappa shape index (κ3) is 41.0. The van der Waals surface area contributed by atoms with Gasteiger partial charge in [-0.15, -0.1) is 0 Å². The Kier molecular flexibility index (Phi) is 47.0. The molecule has 12 nitrogen and oxygen atoms in total. The van der Waals surface area contributed by atoms with Crippen molar-refractivity contribution in [1.82, 2.24) is 0 Å². The van der Waals surface area contributed by atoms with Crippen LogP contribution >= 0.6 is 0 Å². The zero-order valence-electron chi connectivity index (χ0n) is 47.3. The third-order valence-corrected chi connectivity index (χ3v) is 13.2. The van der Waals surface area contributed by atoms with Crippen molar-refractivity contribution in [3.05, 3.63) is 72.9 Å². The van der Waals surface area contributed by atoms with E-state index in [2.05, 4.69) is 93.7 Å². The number of carbonyl (C=O) groups excluding carboxylic acids is 3. The zero-order valence-corrected chi connectivity index (χ0v) is 47.3. The molecule has 1 saturated heterocycles. The van der Waals surface area contributed by atoms with E-state index in [0.29, 0.717) is 25.7 Å². The zero-order chi connectivity index (χ0) is 54.7. The maximum absolute atomic E-state index is 13.1. The van der Waals surface area contributed by atoms with Gasteiger partial charge in [-0.3, -0.25) is 14.4 Å². The second-order valence-corrected chi connectivity index (χ2v) is 20.3. The summed E-state index contributed by atoms with van der Waals surface area (Å²) in [7, 11) is 0. The summed E-state index contributed by atoms with van der Waals surface area (Å²) in [6, 6.07) is 0. The Morgan fingerprint density at radius 1 is 0.453 bits per heavy atom. The first kappa shape index (κ1) is 69.2. The number of aliphatic carboxylic acids is 1. The van der Waals surface area contributed by atoms with Crippen LogP contribution in [0.1, 0.15) is 252 Å². The molecule has 75 heavy (non-hydrogen) atoms. The van der Waals surface area contributed by atoms with Crippen LogP contribution < -0.4 is 0 Å². The number of allylic oxidation sites excluding steroid dienone is 12. The van der Waals surface area contributed by atoms with E-state index in [1.54, 1.807) is 0 Å². The Bertz CT molecular complexity index is 1580. The highest BCUT2D eigenvalue weighted by Crippen LogP contribution is 2.26. The van der Waals surface area contributed by atoms with Crippen LogP contribution in [0, 0.1) is 0 Å². The number of hydrogen-bond donors (Lipinski definition) is 3. The molecule has 1 aliphatic heterocycles. The van der Waals surface area contributed by atoms with Gasteiger partial charge in [0.25, 0.3) is 0 Å². The summed E-state index contributed by atoms with van der Waals surface area (Å²) in [4.78, 5) is 51.1. The number of unbranched alkanes of at least 4 members (excludes halogenated alkanes) is 24.